The number of hydrogen-bond donors (Lipinski definition) is 2. The minimum Gasteiger partial charge on any atom is -0.459 e. The quantitative estimate of drug-likeness (QED) is 0.498. The molecule has 7 heteroatoms. The molecule has 2 unspecified atom stereocenters. The highest BCUT2D eigenvalue weighted by atomic mass is 16.3. The first-order chi connectivity index (χ1) is 14.9. The number of amides is 1. The Morgan fingerprint density at radius 1 is 1.03 bits per heavy atom. The van der Waals surface area contributed by atoms with Crippen molar-refractivity contribution < 1.29 is 9.21 Å². The highest BCUT2D eigenvalue weighted by Crippen LogP contribution is 2.23. The molecule has 7 nitrogen and oxygen atoms in total. The Kier molecular flexibility index (Phi) is 5.42. The van der Waals surface area contributed by atoms with Gasteiger partial charge in [0.2, 0.25) is 5.91 Å². The highest BCUT2D eigenvalue weighted by molar-refractivity contribution is 5.85. The van der Waals surface area contributed by atoms with Gasteiger partial charge in [0.1, 0.15) is 23.1 Å². The van der Waals surface area contributed by atoms with Crippen molar-refractivity contribution >= 4 is 22.6 Å². The van der Waals surface area contributed by atoms with Gasteiger partial charge < -0.3 is 15.1 Å². The minimum absolute atomic E-state index is 0.198. The first-order valence-electron chi connectivity index (χ1n) is 10.3. The van der Waals surface area contributed by atoms with E-state index in [0.29, 0.717) is 11.4 Å². The molecule has 4 rings (SSSR count). The van der Waals surface area contributed by atoms with Crippen LogP contribution in [0.3, 0.4) is 0 Å². The zero-order chi connectivity index (χ0) is 22.1. The predicted molar refractivity (Wildman–Crippen MR) is 122 cm³/mol. The van der Waals surface area contributed by atoms with Gasteiger partial charge in [0.25, 0.3) is 5.56 Å². The van der Waals surface area contributed by atoms with Crippen molar-refractivity contribution in [2.75, 3.05) is 5.32 Å². The summed E-state index contributed by atoms with van der Waals surface area (Å²) >= 11 is 0. The number of carbonyl (C=O) groups excluding carboxylic acids is 1. The van der Waals surface area contributed by atoms with Gasteiger partial charge in [-0.1, -0.05) is 36.4 Å². The number of para-hydroxylation sites is 2. The Hall–Kier alpha value is -3.74. The van der Waals surface area contributed by atoms with Crippen LogP contribution in [0.15, 0.2) is 69.9 Å². The second-order valence-corrected chi connectivity index (χ2v) is 7.72. The number of fused-ring (bicyclic) bond motifs is 1. The fourth-order valence-electron chi connectivity index (χ4n) is 3.64. The summed E-state index contributed by atoms with van der Waals surface area (Å²) in [6.07, 6.45) is 0. The molecule has 1 amide bonds. The second-order valence-electron chi connectivity index (χ2n) is 7.72. The molecule has 0 spiro atoms. The van der Waals surface area contributed by atoms with Gasteiger partial charge in [-0.3, -0.25) is 14.3 Å². The Balaban J connectivity index is 1.51. The van der Waals surface area contributed by atoms with Gasteiger partial charge in [-0.25, -0.2) is 4.68 Å². The lowest BCUT2D eigenvalue weighted by Gasteiger charge is -2.17. The van der Waals surface area contributed by atoms with E-state index < -0.39 is 6.04 Å². The van der Waals surface area contributed by atoms with E-state index in [4.69, 9.17) is 4.42 Å². The third kappa shape index (κ3) is 3.86. The zero-order valence-electron chi connectivity index (χ0n) is 18.0. The van der Waals surface area contributed by atoms with Crippen LogP contribution in [-0.4, -0.2) is 21.3 Å². The average molecular weight is 418 g/mol. The molecule has 2 heterocycles. The third-order valence-corrected chi connectivity index (χ3v) is 5.54. The normalized spacial score (nSPS) is 13.2. The fourth-order valence-corrected chi connectivity index (χ4v) is 3.64. The van der Waals surface area contributed by atoms with Crippen molar-refractivity contribution in [3.63, 3.8) is 0 Å². The van der Waals surface area contributed by atoms with Gasteiger partial charge in [0.05, 0.1) is 17.4 Å². The summed E-state index contributed by atoms with van der Waals surface area (Å²) in [5.41, 5.74) is 2.51. The lowest BCUT2D eigenvalue weighted by atomic mass is 10.2. The standard InChI is InChI=1S/C24H26N4O3/c1-15(21-14-18-10-8-9-13-20(18)31-21)26-23(29)16(2)25-22-17(3)27(4)28(24(22)30)19-11-6-5-7-12-19/h5-16,25H,1-4H3,(H,26,29). The summed E-state index contributed by atoms with van der Waals surface area (Å²) in [7, 11) is 1.82. The number of rotatable bonds is 6. The SMILES string of the molecule is Cc1c(NC(C)C(=O)NC(C)c2cc3ccccc3o2)c(=O)n(-c2ccccc2)n1C. The number of carbonyl (C=O) groups is 1. The van der Waals surface area contributed by atoms with Crippen molar-refractivity contribution in [1.29, 1.82) is 0 Å². The van der Waals surface area contributed by atoms with E-state index in [1.165, 1.54) is 0 Å². The van der Waals surface area contributed by atoms with E-state index in [2.05, 4.69) is 10.6 Å². The lowest BCUT2D eigenvalue weighted by Crippen LogP contribution is -2.39. The van der Waals surface area contributed by atoms with E-state index in [1.54, 1.807) is 16.3 Å². The van der Waals surface area contributed by atoms with Crippen LogP contribution in [-0.2, 0) is 11.8 Å². The van der Waals surface area contributed by atoms with Crippen LogP contribution in [0.4, 0.5) is 5.69 Å². The van der Waals surface area contributed by atoms with Crippen LogP contribution < -0.4 is 16.2 Å². The van der Waals surface area contributed by atoms with Gasteiger partial charge in [0.15, 0.2) is 0 Å². The first-order valence-corrected chi connectivity index (χ1v) is 10.3. The highest BCUT2D eigenvalue weighted by Gasteiger charge is 2.22. The number of nitrogens with one attached hydrogen (secondary N) is 2. The molecule has 2 aromatic heterocycles. The lowest BCUT2D eigenvalue weighted by molar-refractivity contribution is -0.122. The summed E-state index contributed by atoms with van der Waals surface area (Å²) < 4.78 is 9.21. The molecule has 2 N–H and O–H groups in total. The Labute approximate surface area is 180 Å². The smallest absolute Gasteiger partial charge is 0.295 e. The van der Waals surface area contributed by atoms with Crippen molar-refractivity contribution in [2.45, 2.75) is 32.9 Å². The zero-order valence-corrected chi connectivity index (χ0v) is 18.0. The predicted octanol–water partition coefficient (Wildman–Crippen LogP) is 3.91. The summed E-state index contributed by atoms with van der Waals surface area (Å²) in [5, 5.41) is 7.05. The van der Waals surface area contributed by atoms with Crippen molar-refractivity contribution in [1.82, 2.24) is 14.7 Å². The number of hydrogen-bond acceptors (Lipinski definition) is 4. The van der Waals surface area contributed by atoms with Crippen LogP contribution in [0.5, 0.6) is 0 Å². The molecule has 2 aromatic carbocycles. The van der Waals surface area contributed by atoms with Gasteiger partial charge in [-0.15, -0.1) is 0 Å². The Morgan fingerprint density at radius 3 is 2.42 bits per heavy atom. The molecule has 0 fully saturated rings. The van der Waals surface area contributed by atoms with Gasteiger partial charge >= 0.3 is 0 Å². The van der Waals surface area contributed by atoms with Crippen molar-refractivity contribution in [2.24, 2.45) is 7.05 Å². The maximum absolute atomic E-state index is 13.0. The van der Waals surface area contributed by atoms with E-state index in [9.17, 15) is 9.59 Å². The molecule has 0 bridgehead atoms. The molecule has 0 radical (unpaired) electrons. The molecule has 0 saturated heterocycles. The summed E-state index contributed by atoms with van der Waals surface area (Å²) in [5.74, 6) is 0.464. The van der Waals surface area contributed by atoms with E-state index in [-0.39, 0.29) is 17.5 Å². The molecule has 0 aliphatic rings. The summed E-state index contributed by atoms with van der Waals surface area (Å²) in [6.45, 7) is 5.46. The molecule has 0 saturated carbocycles. The van der Waals surface area contributed by atoms with Crippen LogP contribution >= 0.6 is 0 Å². The average Bonchev–Trinajstić information content (AvgIpc) is 3.29. The molecule has 2 atom stereocenters. The van der Waals surface area contributed by atoms with E-state index in [0.717, 1.165) is 22.4 Å². The topological polar surface area (TPSA) is 81.2 Å². The van der Waals surface area contributed by atoms with Crippen molar-refractivity contribution in [3.8, 4) is 5.69 Å². The molecule has 31 heavy (non-hydrogen) atoms. The second kappa shape index (κ2) is 8.18. The minimum atomic E-state index is -0.607. The molecular formula is C24H26N4O3. The van der Waals surface area contributed by atoms with E-state index >= 15 is 0 Å². The van der Waals surface area contributed by atoms with Crippen molar-refractivity contribution in [3.05, 3.63) is 82.5 Å². The molecule has 160 valence electrons. The van der Waals surface area contributed by atoms with E-state index in [1.807, 2.05) is 81.6 Å². The maximum atomic E-state index is 13.0. The number of furan rings is 1. The molecule has 4 aromatic rings. The first kappa shape index (κ1) is 20.5. The van der Waals surface area contributed by atoms with Crippen LogP contribution in [0.25, 0.3) is 16.7 Å². The number of benzene rings is 2. The van der Waals surface area contributed by atoms with Crippen LogP contribution in [0.1, 0.15) is 31.3 Å². The third-order valence-electron chi connectivity index (χ3n) is 5.54. The largest absolute Gasteiger partial charge is 0.459 e. The number of nitrogens with zero attached hydrogens (tertiary/aromatic N) is 2. The Morgan fingerprint density at radius 2 is 1.71 bits per heavy atom. The summed E-state index contributed by atoms with van der Waals surface area (Å²) in [6, 6.07) is 18.1. The molecule has 0 aliphatic heterocycles. The van der Waals surface area contributed by atoms with Gasteiger partial charge in [-0.2, -0.15) is 0 Å². The van der Waals surface area contributed by atoms with Crippen LogP contribution in [0.2, 0.25) is 0 Å². The van der Waals surface area contributed by atoms with Gasteiger partial charge in [0, 0.05) is 12.4 Å². The maximum Gasteiger partial charge on any atom is 0.295 e. The Bertz CT molecular complexity index is 1250. The number of anilines is 1. The van der Waals surface area contributed by atoms with Crippen LogP contribution in [0, 0.1) is 6.92 Å². The van der Waals surface area contributed by atoms with Gasteiger partial charge in [-0.05, 0) is 45.0 Å². The molecule has 0 aliphatic carbocycles. The molecular weight excluding hydrogens is 392 g/mol. The number of aromatic nitrogens is 2. The monoisotopic (exact) mass is 418 g/mol. The fraction of sp³-hybridized carbons (Fsp3) is 0.250. The summed E-state index contributed by atoms with van der Waals surface area (Å²) in [4.78, 5) is 25.8.